The summed E-state index contributed by atoms with van der Waals surface area (Å²) in [4.78, 5) is 22.9. The molecule has 0 aliphatic carbocycles. The zero-order valence-electron chi connectivity index (χ0n) is 12.2. The number of ether oxygens (including phenoxy) is 1. The lowest BCUT2D eigenvalue weighted by Crippen LogP contribution is -2.41. The number of nitrogens with one attached hydrogen (secondary N) is 1. The molecule has 20 heavy (non-hydrogen) atoms. The predicted octanol–water partition coefficient (Wildman–Crippen LogP) is 2.71. The van der Waals surface area contributed by atoms with E-state index in [4.69, 9.17) is 4.74 Å². The van der Waals surface area contributed by atoms with E-state index in [1.807, 2.05) is 13.8 Å². The van der Waals surface area contributed by atoms with Crippen molar-refractivity contribution in [1.29, 1.82) is 0 Å². The molecule has 0 spiro atoms. The molecule has 1 aromatic rings. The van der Waals surface area contributed by atoms with Crippen LogP contribution in [-0.4, -0.2) is 23.8 Å². The molecule has 0 bridgehead atoms. The van der Waals surface area contributed by atoms with Gasteiger partial charge in [0.15, 0.2) is 11.9 Å². The Hall–Kier alpha value is -1.91. The minimum atomic E-state index is -0.730. The molecule has 0 radical (unpaired) electrons. The average Bonchev–Trinajstić information content (AvgIpc) is 2.37. The van der Waals surface area contributed by atoms with Crippen LogP contribution in [0.2, 0.25) is 0 Å². The van der Waals surface area contributed by atoms with Crippen molar-refractivity contribution in [1.82, 2.24) is 5.32 Å². The van der Waals surface area contributed by atoms with Crippen molar-refractivity contribution >= 4 is 11.7 Å². The number of hydrogen-bond acceptors (Lipinski definition) is 3. The second-order valence-corrected chi connectivity index (χ2v) is 4.78. The molecule has 0 fully saturated rings. The van der Waals surface area contributed by atoms with Crippen LogP contribution in [0.4, 0.5) is 4.39 Å². The first-order valence-corrected chi connectivity index (χ1v) is 6.62. The molecule has 0 heterocycles. The highest BCUT2D eigenvalue weighted by atomic mass is 19.1. The summed E-state index contributed by atoms with van der Waals surface area (Å²) in [5.74, 6) is -1.03. The molecule has 0 saturated heterocycles. The summed E-state index contributed by atoms with van der Waals surface area (Å²) in [6.07, 6.45) is 0.0898. The molecule has 0 aliphatic heterocycles. The lowest BCUT2D eigenvalue weighted by Gasteiger charge is -2.18. The van der Waals surface area contributed by atoms with Crippen molar-refractivity contribution in [3.8, 4) is 5.75 Å². The van der Waals surface area contributed by atoms with E-state index in [9.17, 15) is 14.0 Å². The van der Waals surface area contributed by atoms with Gasteiger partial charge in [0, 0.05) is 12.1 Å². The van der Waals surface area contributed by atoms with Gasteiger partial charge in [-0.1, -0.05) is 6.92 Å². The van der Waals surface area contributed by atoms with Crippen molar-refractivity contribution in [2.24, 2.45) is 0 Å². The van der Waals surface area contributed by atoms with Crippen LogP contribution in [0.15, 0.2) is 18.2 Å². The van der Waals surface area contributed by atoms with Crippen LogP contribution in [0.5, 0.6) is 5.75 Å². The highest BCUT2D eigenvalue weighted by Gasteiger charge is 2.17. The molecule has 4 nitrogen and oxygen atoms in total. The summed E-state index contributed by atoms with van der Waals surface area (Å²) < 4.78 is 19.0. The highest BCUT2D eigenvalue weighted by Crippen LogP contribution is 2.18. The van der Waals surface area contributed by atoms with Crippen LogP contribution in [0, 0.1) is 5.82 Å². The van der Waals surface area contributed by atoms with Crippen LogP contribution in [0.1, 0.15) is 44.5 Å². The van der Waals surface area contributed by atoms with E-state index in [0.29, 0.717) is 0 Å². The molecule has 1 aromatic carbocycles. The zero-order chi connectivity index (χ0) is 15.3. The number of benzene rings is 1. The highest BCUT2D eigenvalue weighted by molar-refractivity contribution is 5.94. The number of rotatable bonds is 6. The largest absolute Gasteiger partial charge is 0.481 e. The van der Waals surface area contributed by atoms with E-state index in [1.54, 1.807) is 6.92 Å². The van der Waals surface area contributed by atoms with Gasteiger partial charge in [0.05, 0.1) is 5.56 Å². The maximum atomic E-state index is 13.6. The van der Waals surface area contributed by atoms with E-state index in [2.05, 4.69) is 5.32 Å². The van der Waals surface area contributed by atoms with Gasteiger partial charge in [-0.05, 0) is 39.3 Å². The zero-order valence-corrected chi connectivity index (χ0v) is 12.2. The number of halogens is 1. The summed E-state index contributed by atoms with van der Waals surface area (Å²) >= 11 is 0. The molecule has 1 amide bonds. The number of amides is 1. The van der Waals surface area contributed by atoms with Crippen LogP contribution < -0.4 is 10.1 Å². The van der Waals surface area contributed by atoms with Crippen LogP contribution in [0.25, 0.3) is 0 Å². The standard InChI is InChI=1S/C15H20FNO3/c1-5-9(2)17-15(19)11(4)20-12-6-7-13(10(3)18)14(16)8-12/h6-9,11H,5H2,1-4H3,(H,17,19). The third kappa shape index (κ3) is 4.33. The minimum Gasteiger partial charge on any atom is -0.481 e. The third-order valence-electron chi connectivity index (χ3n) is 3.00. The number of carbonyl (C=O) groups is 2. The Morgan fingerprint density at radius 3 is 2.50 bits per heavy atom. The first kappa shape index (κ1) is 16.1. The van der Waals surface area contributed by atoms with E-state index in [1.165, 1.54) is 19.1 Å². The maximum Gasteiger partial charge on any atom is 0.260 e. The second-order valence-electron chi connectivity index (χ2n) is 4.78. The van der Waals surface area contributed by atoms with Gasteiger partial charge in [-0.2, -0.15) is 0 Å². The first-order valence-electron chi connectivity index (χ1n) is 6.62. The van der Waals surface area contributed by atoms with E-state index in [0.717, 1.165) is 12.5 Å². The van der Waals surface area contributed by atoms with Gasteiger partial charge >= 0.3 is 0 Å². The van der Waals surface area contributed by atoms with Crippen molar-refractivity contribution in [3.05, 3.63) is 29.6 Å². The molecular weight excluding hydrogens is 261 g/mol. The van der Waals surface area contributed by atoms with Gasteiger partial charge < -0.3 is 10.1 Å². The van der Waals surface area contributed by atoms with Crippen LogP contribution in [-0.2, 0) is 4.79 Å². The molecule has 1 rings (SSSR count). The summed E-state index contributed by atoms with van der Waals surface area (Å²) in [5.41, 5.74) is 0.00839. The smallest absolute Gasteiger partial charge is 0.260 e. The van der Waals surface area contributed by atoms with Gasteiger partial charge in [-0.25, -0.2) is 4.39 Å². The fourth-order valence-corrected chi connectivity index (χ4v) is 1.57. The van der Waals surface area contributed by atoms with Gasteiger partial charge in [-0.15, -0.1) is 0 Å². The van der Waals surface area contributed by atoms with E-state index >= 15 is 0 Å². The molecule has 5 heteroatoms. The quantitative estimate of drug-likeness (QED) is 0.816. The number of Topliss-reactive ketones (excluding diaryl/α,β-unsaturated/α-hetero) is 1. The van der Waals surface area contributed by atoms with Gasteiger partial charge in [0.1, 0.15) is 11.6 Å². The monoisotopic (exact) mass is 281 g/mol. The molecule has 1 N–H and O–H groups in total. The first-order chi connectivity index (χ1) is 9.35. The van der Waals surface area contributed by atoms with Gasteiger partial charge in [-0.3, -0.25) is 9.59 Å². The Morgan fingerprint density at radius 1 is 1.35 bits per heavy atom. The molecule has 0 aliphatic rings. The average molecular weight is 281 g/mol. The predicted molar refractivity (Wildman–Crippen MR) is 74.4 cm³/mol. The Labute approximate surface area is 118 Å². The van der Waals surface area contributed by atoms with E-state index in [-0.39, 0.29) is 29.0 Å². The number of ketones is 1. The maximum absolute atomic E-state index is 13.6. The minimum absolute atomic E-state index is 0.00839. The van der Waals surface area contributed by atoms with E-state index < -0.39 is 11.9 Å². The lowest BCUT2D eigenvalue weighted by molar-refractivity contribution is -0.127. The van der Waals surface area contributed by atoms with Crippen molar-refractivity contribution in [2.75, 3.05) is 0 Å². The number of carbonyl (C=O) groups excluding carboxylic acids is 2. The molecule has 2 atom stereocenters. The molecule has 110 valence electrons. The second kappa shape index (κ2) is 7.03. The van der Waals surface area contributed by atoms with Crippen molar-refractivity contribution in [3.63, 3.8) is 0 Å². The Morgan fingerprint density at radius 2 is 2.00 bits per heavy atom. The topological polar surface area (TPSA) is 55.4 Å². The Bertz CT molecular complexity index is 502. The summed E-state index contributed by atoms with van der Waals surface area (Å²) in [7, 11) is 0. The van der Waals surface area contributed by atoms with Gasteiger partial charge in [0.2, 0.25) is 0 Å². The fourth-order valence-electron chi connectivity index (χ4n) is 1.57. The lowest BCUT2D eigenvalue weighted by atomic mass is 10.1. The Kier molecular flexibility index (Phi) is 5.67. The summed E-state index contributed by atoms with van der Waals surface area (Å²) in [5, 5.41) is 2.78. The van der Waals surface area contributed by atoms with Crippen molar-refractivity contribution < 1.29 is 18.7 Å². The third-order valence-corrected chi connectivity index (χ3v) is 3.00. The Balaban J connectivity index is 2.71. The van der Waals surface area contributed by atoms with Crippen LogP contribution >= 0.6 is 0 Å². The normalized spacial score (nSPS) is 13.4. The SMILES string of the molecule is CCC(C)NC(=O)C(C)Oc1ccc(C(C)=O)c(F)c1. The van der Waals surface area contributed by atoms with Gasteiger partial charge in [0.25, 0.3) is 5.91 Å². The summed E-state index contributed by atoms with van der Waals surface area (Å²) in [6.45, 7) is 6.74. The number of hydrogen-bond donors (Lipinski definition) is 1. The summed E-state index contributed by atoms with van der Waals surface area (Å²) in [6, 6.07) is 4.01. The van der Waals surface area contributed by atoms with Crippen LogP contribution in [0.3, 0.4) is 0 Å². The molecule has 2 unspecified atom stereocenters. The fraction of sp³-hybridized carbons (Fsp3) is 0.467. The molecular formula is C15H20FNO3. The molecule has 0 saturated carbocycles. The van der Waals surface area contributed by atoms with Crippen molar-refractivity contribution in [2.45, 2.75) is 46.3 Å². The molecule has 0 aromatic heterocycles.